The summed E-state index contributed by atoms with van der Waals surface area (Å²) in [7, 11) is 0. The molecule has 0 spiro atoms. The summed E-state index contributed by atoms with van der Waals surface area (Å²) in [6, 6.07) is 5.81. The zero-order valence-electron chi connectivity index (χ0n) is 11.5. The average Bonchev–Trinajstić information content (AvgIpc) is 2.35. The highest BCUT2D eigenvalue weighted by molar-refractivity contribution is 5.87. The van der Waals surface area contributed by atoms with Crippen molar-refractivity contribution in [1.29, 1.82) is 0 Å². The monoisotopic (exact) mass is 256 g/mol. The number of hydrogen-bond acceptors (Lipinski definition) is 3. The topological polar surface area (TPSA) is 63.1 Å². The van der Waals surface area contributed by atoms with Crippen LogP contribution in [0.1, 0.15) is 32.7 Å². The Morgan fingerprint density at radius 1 is 1.00 bits per heavy atom. The van der Waals surface area contributed by atoms with Crippen molar-refractivity contribution in [2.24, 2.45) is 0 Å². The highest BCUT2D eigenvalue weighted by atomic mass is 16.4. The van der Waals surface area contributed by atoms with Crippen LogP contribution in [-0.4, -0.2) is 21.3 Å². The van der Waals surface area contributed by atoms with Gasteiger partial charge in [-0.25, -0.2) is 4.79 Å². The van der Waals surface area contributed by atoms with Gasteiger partial charge in [0.2, 0.25) is 0 Å². The summed E-state index contributed by atoms with van der Waals surface area (Å²) in [6.07, 6.45) is 0. The number of hydrogen-bond donors (Lipinski definition) is 1. The van der Waals surface area contributed by atoms with E-state index < -0.39 is 5.97 Å². The Balaban J connectivity index is 2.58. The van der Waals surface area contributed by atoms with Gasteiger partial charge in [0.25, 0.3) is 0 Å². The first kappa shape index (κ1) is 13.2. The van der Waals surface area contributed by atoms with E-state index in [1.165, 1.54) is 11.1 Å². The number of carboxylic acids is 1. The van der Waals surface area contributed by atoms with E-state index in [0.717, 1.165) is 11.1 Å². The maximum atomic E-state index is 10.9. The molecule has 4 heteroatoms. The Bertz CT molecular complexity index is 663. The van der Waals surface area contributed by atoms with Crippen LogP contribution in [0.2, 0.25) is 0 Å². The lowest BCUT2D eigenvalue weighted by Gasteiger charge is -2.11. The summed E-state index contributed by atoms with van der Waals surface area (Å²) in [4.78, 5) is 10.9. The molecule has 0 saturated heterocycles. The molecule has 0 saturated carbocycles. The van der Waals surface area contributed by atoms with Crippen LogP contribution in [-0.2, 0) is 0 Å². The number of carboxylic acid groups (broad SMARTS) is 1. The minimum absolute atomic E-state index is 0.00485. The molecule has 19 heavy (non-hydrogen) atoms. The molecule has 0 unspecified atom stereocenters. The first-order valence-corrected chi connectivity index (χ1v) is 6.06. The van der Waals surface area contributed by atoms with E-state index in [1.807, 2.05) is 19.1 Å². The van der Waals surface area contributed by atoms with Crippen molar-refractivity contribution in [3.8, 4) is 11.3 Å². The van der Waals surface area contributed by atoms with Gasteiger partial charge in [-0.2, -0.15) is 0 Å². The van der Waals surface area contributed by atoms with Crippen LogP contribution in [0.4, 0.5) is 0 Å². The van der Waals surface area contributed by atoms with Gasteiger partial charge in [-0.1, -0.05) is 12.1 Å². The zero-order valence-corrected chi connectivity index (χ0v) is 11.5. The average molecular weight is 256 g/mol. The van der Waals surface area contributed by atoms with Crippen molar-refractivity contribution in [3.05, 3.63) is 46.1 Å². The maximum Gasteiger partial charge on any atom is 0.356 e. The lowest BCUT2D eigenvalue weighted by atomic mass is 9.96. The number of nitrogens with zero attached hydrogens (tertiary/aromatic N) is 2. The summed E-state index contributed by atoms with van der Waals surface area (Å²) in [5, 5.41) is 16.8. The fourth-order valence-corrected chi connectivity index (χ4v) is 2.06. The molecule has 0 radical (unpaired) electrons. The van der Waals surface area contributed by atoms with Crippen molar-refractivity contribution < 1.29 is 9.90 Å². The Morgan fingerprint density at radius 3 is 2.26 bits per heavy atom. The van der Waals surface area contributed by atoms with Gasteiger partial charge in [0.1, 0.15) is 0 Å². The van der Waals surface area contributed by atoms with Crippen molar-refractivity contribution in [2.75, 3.05) is 0 Å². The van der Waals surface area contributed by atoms with Gasteiger partial charge in [-0.05, 0) is 56.0 Å². The van der Waals surface area contributed by atoms with Gasteiger partial charge in [0.15, 0.2) is 5.69 Å². The normalized spacial score (nSPS) is 10.5. The van der Waals surface area contributed by atoms with Crippen molar-refractivity contribution in [2.45, 2.75) is 27.7 Å². The van der Waals surface area contributed by atoms with Gasteiger partial charge in [0, 0.05) is 5.56 Å². The molecule has 0 amide bonds. The summed E-state index contributed by atoms with van der Waals surface area (Å²) >= 11 is 0. The maximum absolute atomic E-state index is 10.9. The second-order valence-corrected chi connectivity index (χ2v) is 4.75. The molecular weight excluding hydrogens is 240 g/mol. The summed E-state index contributed by atoms with van der Waals surface area (Å²) in [6.45, 7) is 7.91. The van der Waals surface area contributed by atoms with E-state index in [4.69, 9.17) is 5.11 Å². The third-order valence-corrected chi connectivity index (χ3v) is 3.52. The quantitative estimate of drug-likeness (QED) is 0.896. The molecule has 0 aliphatic carbocycles. The van der Waals surface area contributed by atoms with E-state index in [2.05, 4.69) is 24.0 Å². The number of aryl methyl sites for hydroxylation is 2. The zero-order chi connectivity index (χ0) is 14.2. The van der Waals surface area contributed by atoms with Gasteiger partial charge in [-0.15, -0.1) is 10.2 Å². The van der Waals surface area contributed by atoms with Crippen molar-refractivity contribution >= 4 is 5.97 Å². The highest BCUT2D eigenvalue weighted by Crippen LogP contribution is 2.26. The standard InChI is InChI=1S/C15H16N2O2/c1-8-5-6-12(11(4)10(8)3)13-7-9(2)14(15(18)19)17-16-13/h5-7H,1-4H3,(H,18,19). The molecule has 0 aliphatic rings. The van der Waals surface area contributed by atoms with Crippen molar-refractivity contribution in [1.82, 2.24) is 10.2 Å². The number of benzene rings is 1. The smallest absolute Gasteiger partial charge is 0.356 e. The lowest BCUT2D eigenvalue weighted by molar-refractivity contribution is 0.0688. The minimum atomic E-state index is -1.05. The van der Waals surface area contributed by atoms with E-state index in [-0.39, 0.29) is 5.69 Å². The summed E-state index contributed by atoms with van der Waals surface area (Å²) < 4.78 is 0. The first-order chi connectivity index (χ1) is 8.91. The summed E-state index contributed by atoms with van der Waals surface area (Å²) in [5.74, 6) is -1.05. The van der Waals surface area contributed by atoms with Crippen LogP contribution in [0.5, 0.6) is 0 Å². The molecule has 0 fully saturated rings. The fourth-order valence-electron chi connectivity index (χ4n) is 2.06. The van der Waals surface area contributed by atoms with Gasteiger partial charge < -0.3 is 5.11 Å². The molecule has 1 aromatic heterocycles. The molecule has 0 atom stereocenters. The molecule has 0 bridgehead atoms. The SMILES string of the molecule is Cc1cc(-c2ccc(C)c(C)c2C)nnc1C(=O)O. The summed E-state index contributed by atoms with van der Waals surface area (Å²) in [5.41, 5.74) is 5.93. The largest absolute Gasteiger partial charge is 0.476 e. The van der Waals surface area contributed by atoms with Gasteiger partial charge in [-0.3, -0.25) is 0 Å². The van der Waals surface area contributed by atoms with Crippen LogP contribution in [0.15, 0.2) is 18.2 Å². The predicted octanol–water partition coefficient (Wildman–Crippen LogP) is 3.08. The minimum Gasteiger partial charge on any atom is -0.476 e. The Labute approximate surface area is 112 Å². The molecule has 0 aliphatic heterocycles. The van der Waals surface area contributed by atoms with Crippen LogP contribution in [0.25, 0.3) is 11.3 Å². The fraction of sp³-hybridized carbons (Fsp3) is 0.267. The van der Waals surface area contributed by atoms with Crippen LogP contribution in [0.3, 0.4) is 0 Å². The molecular formula is C15H16N2O2. The molecule has 1 aromatic carbocycles. The predicted molar refractivity (Wildman–Crippen MR) is 73.4 cm³/mol. The Kier molecular flexibility index (Phi) is 3.34. The second-order valence-electron chi connectivity index (χ2n) is 4.75. The molecule has 1 N–H and O–H groups in total. The number of aromatic carboxylic acids is 1. The van der Waals surface area contributed by atoms with E-state index in [9.17, 15) is 4.79 Å². The third-order valence-electron chi connectivity index (χ3n) is 3.52. The molecule has 1 heterocycles. The van der Waals surface area contributed by atoms with Gasteiger partial charge in [0.05, 0.1) is 5.69 Å². The molecule has 2 aromatic rings. The molecule has 4 nitrogen and oxygen atoms in total. The molecule has 98 valence electrons. The Hall–Kier alpha value is -2.23. The second kappa shape index (κ2) is 4.80. The lowest BCUT2D eigenvalue weighted by Crippen LogP contribution is -2.06. The molecule has 2 rings (SSSR count). The number of aromatic nitrogens is 2. The Morgan fingerprint density at radius 2 is 1.68 bits per heavy atom. The van der Waals surface area contributed by atoms with Crippen LogP contribution < -0.4 is 0 Å². The van der Waals surface area contributed by atoms with Crippen LogP contribution >= 0.6 is 0 Å². The van der Waals surface area contributed by atoms with Gasteiger partial charge >= 0.3 is 5.97 Å². The highest BCUT2D eigenvalue weighted by Gasteiger charge is 2.13. The van der Waals surface area contributed by atoms with E-state index in [0.29, 0.717) is 11.3 Å². The number of carbonyl (C=O) groups is 1. The van der Waals surface area contributed by atoms with E-state index in [1.54, 1.807) is 13.0 Å². The van der Waals surface area contributed by atoms with Crippen molar-refractivity contribution in [3.63, 3.8) is 0 Å². The first-order valence-electron chi connectivity index (χ1n) is 6.06. The van der Waals surface area contributed by atoms with Crippen LogP contribution in [0, 0.1) is 27.7 Å². The number of rotatable bonds is 2. The van der Waals surface area contributed by atoms with E-state index >= 15 is 0 Å². The third kappa shape index (κ3) is 2.34.